The SMILES string of the molecule is Cc1cccc(C)c1N1C[C@@H](C(=O)O)[C@@H](C)C1=O. The zero-order valence-corrected chi connectivity index (χ0v) is 10.8. The summed E-state index contributed by atoms with van der Waals surface area (Å²) in [6.07, 6.45) is 0. The number of carboxylic acid groups (broad SMARTS) is 1. The average Bonchev–Trinajstić information content (AvgIpc) is 2.57. The zero-order chi connectivity index (χ0) is 13.4. The first kappa shape index (κ1) is 12.6. The molecule has 2 rings (SSSR count). The second-order valence-electron chi connectivity index (χ2n) is 4.92. The highest BCUT2D eigenvalue weighted by Gasteiger charge is 2.42. The van der Waals surface area contributed by atoms with Gasteiger partial charge in [-0.3, -0.25) is 9.59 Å². The monoisotopic (exact) mass is 247 g/mol. The van der Waals surface area contributed by atoms with Crippen molar-refractivity contribution in [2.24, 2.45) is 11.8 Å². The molecule has 18 heavy (non-hydrogen) atoms. The van der Waals surface area contributed by atoms with Crippen LogP contribution >= 0.6 is 0 Å². The van der Waals surface area contributed by atoms with E-state index in [1.807, 2.05) is 32.0 Å². The molecule has 0 unspecified atom stereocenters. The van der Waals surface area contributed by atoms with E-state index < -0.39 is 17.8 Å². The van der Waals surface area contributed by atoms with E-state index in [1.165, 1.54) is 0 Å². The Hall–Kier alpha value is -1.84. The van der Waals surface area contributed by atoms with E-state index in [9.17, 15) is 9.59 Å². The molecular weight excluding hydrogens is 230 g/mol. The number of nitrogens with zero attached hydrogens (tertiary/aromatic N) is 1. The second-order valence-corrected chi connectivity index (χ2v) is 4.92. The second kappa shape index (κ2) is 4.44. The standard InChI is InChI=1S/C14H17NO3/c1-8-5-4-6-9(2)12(8)15-7-11(14(17)18)10(3)13(15)16/h4-6,10-11H,7H2,1-3H3,(H,17,18)/t10-,11-/m1/s1. The van der Waals surface area contributed by atoms with Crippen molar-refractivity contribution in [3.63, 3.8) is 0 Å². The maximum Gasteiger partial charge on any atom is 0.309 e. The van der Waals surface area contributed by atoms with Crippen LogP contribution < -0.4 is 4.90 Å². The molecule has 0 aliphatic carbocycles. The van der Waals surface area contributed by atoms with Crippen LogP contribution in [0.25, 0.3) is 0 Å². The number of para-hydroxylation sites is 1. The first-order valence-electron chi connectivity index (χ1n) is 6.04. The van der Waals surface area contributed by atoms with Gasteiger partial charge in [0, 0.05) is 12.2 Å². The Morgan fingerprint density at radius 1 is 1.33 bits per heavy atom. The first-order chi connectivity index (χ1) is 8.43. The van der Waals surface area contributed by atoms with Gasteiger partial charge in [-0.1, -0.05) is 25.1 Å². The third-order valence-electron chi connectivity index (χ3n) is 3.66. The fourth-order valence-corrected chi connectivity index (χ4v) is 2.59. The maximum atomic E-state index is 12.2. The molecule has 96 valence electrons. The van der Waals surface area contributed by atoms with Gasteiger partial charge in [0.2, 0.25) is 5.91 Å². The van der Waals surface area contributed by atoms with Crippen LogP contribution in [0.4, 0.5) is 5.69 Å². The van der Waals surface area contributed by atoms with E-state index in [2.05, 4.69) is 0 Å². The lowest BCUT2D eigenvalue weighted by molar-refractivity contribution is -0.143. The molecule has 1 aromatic carbocycles. The smallest absolute Gasteiger partial charge is 0.309 e. The summed E-state index contributed by atoms with van der Waals surface area (Å²) >= 11 is 0. The van der Waals surface area contributed by atoms with Gasteiger partial charge in [0.1, 0.15) is 0 Å². The molecule has 1 amide bonds. The number of rotatable bonds is 2. The molecule has 1 aliphatic heterocycles. The van der Waals surface area contributed by atoms with Crippen LogP contribution in [0.2, 0.25) is 0 Å². The number of aryl methyl sites for hydroxylation is 2. The molecule has 0 bridgehead atoms. The number of hydrogen-bond donors (Lipinski definition) is 1. The number of hydrogen-bond acceptors (Lipinski definition) is 2. The minimum absolute atomic E-state index is 0.0974. The third kappa shape index (κ3) is 1.88. The number of carbonyl (C=O) groups is 2. The molecule has 0 spiro atoms. The summed E-state index contributed by atoms with van der Waals surface area (Å²) in [5.41, 5.74) is 2.86. The Balaban J connectivity index is 2.41. The fraction of sp³-hybridized carbons (Fsp3) is 0.429. The van der Waals surface area contributed by atoms with E-state index >= 15 is 0 Å². The highest BCUT2D eigenvalue weighted by Crippen LogP contribution is 2.33. The lowest BCUT2D eigenvalue weighted by atomic mass is 9.98. The van der Waals surface area contributed by atoms with E-state index in [1.54, 1.807) is 11.8 Å². The number of benzene rings is 1. The van der Waals surface area contributed by atoms with Crippen molar-refractivity contribution in [1.82, 2.24) is 0 Å². The van der Waals surface area contributed by atoms with Gasteiger partial charge in [-0.05, 0) is 25.0 Å². The lowest BCUT2D eigenvalue weighted by Crippen LogP contribution is -2.27. The van der Waals surface area contributed by atoms with Crippen molar-refractivity contribution in [2.45, 2.75) is 20.8 Å². The summed E-state index contributed by atoms with van der Waals surface area (Å²) in [4.78, 5) is 24.9. The Morgan fingerprint density at radius 3 is 2.33 bits per heavy atom. The van der Waals surface area contributed by atoms with Crippen LogP contribution in [-0.4, -0.2) is 23.5 Å². The summed E-state index contributed by atoms with van der Waals surface area (Å²) in [5, 5.41) is 9.13. The van der Waals surface area contributed by atoms with Crippen molar-refractivity contribution in [3.05, 3.63) is 29.3 Å². The van der Waals surface area contributed by atoms with Crippen molar-refractivity contribution in [2.75, 3.05) is 11.4 Å². The molecule has 0 radical (unpaired) electrons. The molecule has 4 heteroatoms. The van der Waals surface area contributed by atoms with Crippen LogP contribution in [0.1, 0.15) is 18.1 Å². The molecule has 2 atom stereocenters. The molecule has 4 nitrogen and oxygen atoms in total. The van der Waals surface area contributed by atoms with Crippen LogP contribution in [0.3, 0.4) is 0 Å². The van der Waals surface area contributed by atoms with Crippen molar-refractivity contribution in [1.29, 1.82) is 0 Å². The summed E-state index contributed by atoms with van der Waals surface area (Å²) in [6.45, 7) is 5.83. The largest absolute Gasteiger partial charge is 0.481 e. The van der Waals surface area contributed by atoms with Gasteiger partial charge in [-0.2, -0.15) is 0 Å². The number of amides is 1. The summed E-state index contributed by atoms with van der Waals surface area (Å²) < 4.78 is 0. The molecule has 1 heterocycles. The lowest BCUT2D eigenvalue weighted by Gasteiger charge is -2.21. The normalized spacial score (nSPS) is 23.5. The van der Waals surface area contributed by atoms with Gasteiger partial charge in [-0.25, -0.2) is 0 Å². The van der Waals surface area contributed by atoms with Gasteiger partial charge in [0.05, 0.1) is 11.8 Å². The number of anilines is 1. The summed E-state index contributed by atoms with van der Waals surface area (Å²) in [7, 11) is 0. The summed E-state index contributed by atoms with van der Waals surface area (Å²) in [5.74, 6) is -2.07. The molecule has 1 aromatic rings. The van der Waals surface area contributed by atoms with Gasteiger partial charge in [-0.15, -0.1) is 0 Å². The average molecular weight is 247 g/mol. The molecule has 1 aliphatic rings. The van der Waals surface area contributed by atoms with E-state index in [0.29, 0.717) is 0 Å². The summed E-state index contributed by atoms with van der Waals surface area (Å²) in [6, 6.07) is 5.82. The molecular formula is C14H17NO3. The first-order valence-corrected chi connectivity index (χ1v) is 6.04. The Bertz CT molecular complexity index is 490. The van der Waals surface area contributed by atoms with Crippen LogP contribution in [-0.2, 0) is 9.59 Å². The molecule has 1 fully saturated rings. The van der Waals surface area contributed by atoms with E-state index in [0.717, 1.165) is 16.8 Å². The molecule has 1 N–H and O–H groups in total. The van der Waals surface area contributed by atoms with Crippen molar-refractivity contribution in [3.8, 4) is 0 Å². The predicted molar refractivity (Wildman–Crippen MR) is 68.6 cm³/mol. The Kier molecular flexibility index (Phi) is 3.11. The number of aliphatic carboxylic acids is 1. The topological polar surface area (TPSA) is 57.6 Å². The van der Waals surface area contributed by atoms with E-state index in [4.69, 9.17) is 5.11 Å². The quantitative estimate of drug-likeness (QED) is 0.869. The third-order valence-corrected chi connectivity index (χ3v) is 3.66. The number of carbonyl (C=O) groups excluding carboxylic acids is 1. The maximum absolute atomic E-state index is 12.2. The van der Waals surface area contributed by atoms with Gasteiger partial charge in [0.25, 0.3) is 0 Å². The minimum atomic E-state index is -0.899. The zero-order valence-electron chi connectivity index (χ0n) is 10.8. The Labute approximate surface area is 106 Å². The van der Waals surface area contributed by atoms with Gasteiger partial charge >= 0.3 is 5.97 Å². The highest BCUT2D eigenvalue weighted by atomic mass is 16.4. The van der Waals surface area contributed by atoms with Crippen LogP contribution in [0, 0.1) is 25.7 Å². The van der Waals surface area contributed by atoms with E-state index in [-0.39, 0.29) is 12.5 Å². The van der Waals surface area contributed by atoms with Crippen molar-refractivity contribution < 1.29 is 14.7 Å². The van der Waals surface area contributed by atoms with Gasteiger partial charge < -0.3 is 10.0 Å². The van der Waals surface area contributed by atoms with Crippen LogP contribution in [0.15, 0.2) is 18.2 Å². The van der Waals surface area contributed by atoms with Crippen LogP contribution in [0.5, 0.6) is 0 Å². The Morgan fingerprint density at radius 2 is 1.89 bits per heavy atom. The highest BCUT2D eigenvalue weighted by molar-refractivity contribution is 6.01. The molecule has 0 saturated carbocycles. The van der Waals surface area contributed by atoms with Gasteiger partial charge in [0.15, 0.2) is 0 Å². The van der Waals surface area contributed by atoms with Crippen molar-refractivity contribution >= 4 is 17.6 Å². The minimum Gasteiger partial charge on any atom is -0.481 e. The fourth-order valence-electron chi connectivity index (χ4n) is 2.59. The molecule has 1 saturated heterocycles. The molecule has 0 aromatic heterocycles. The predicted octanol–water partition coefficient (Wildman–Crippen LogP) is 1.99. The number of carboxylic acids is 1.